The molecule has 1 aliphatic rings. The SMILES string of the molecule is COCCN1C(=O)CCC(N)C1c1ccc(C)c(F)c1. The standard InChI is InChI=1S/C15H21FN2O2/c1-10-3-4-11(9-12(10)16)15-13(17)5-6-14(19)18(15)7-8-20-2/h3-4,9,13,15H,5-8,17H2,1-2H3. The second kappa shape index (κ2) is 6.33. The van der Waals surface area contributed by atoms with Crippen molar-refractivity contribution in [3.8, 4) is 0 Å². The van der Waals surface area contributed by atoms with Crippen molar-refractivity contribution in [1.29, 1.82) is 0 Å². The highest BCUT2D eigenvalue weighted by Gasteiger charge is 2.34. The highest BCUT2D eigenvalue weighted by molar-refractivity contribution is 5.78. The molecule has 0 saturated carbocycles. The molecule has 20 heavy (non-hydrogen) atoms. The third-order valence-corrected chi connectivity index (χ3v) is 3.83. The van der Waals surface area contributed by atoms with Gasteiger partial charge in [-0.2, -0.15) is 0 Å². The lowest BCUT2D eigenvalue weighted by Gasteiger charge is -2.40. The van der Waals surface area contributed by atoms with Crippen LogP contribution in [0.1, 0.15) is 30.0 Å². The van der Waals surface area contributed by atoms with Crippen molar-refractivity contribution < 1.29 is 13.9 Å². The van der Waals surface area contributed by atoms with Crippen LogP contribution in [0, 0.1) is 12.7 Å². The van der Waals surface area contributed by atoms with Gasteiger partial charge >= 0.3 is 0 Å². The first kappa shape index (κ1) is 14.9. The first-order valence-corrected chi connectivity index (χ1v) is 6.84. The summed E-state index contributed by atoms with van der Waals surface area (Å²) in [6.07, 6.45) is 1.07. The van der Waals surface area contributed by atoms with E-state index in [-0.39, 0.29) is 23.8 Å². The Balaban J connectivity index is 2.31. The number of amides is 1. The molecule has 0 spiro atoms. The molecule has 0 radical (unpaired) electrons. The van der Waals surface area contributed by atoms with Gasteiger partial charge in [-0.15, -0.1) is 0 Å². The summed E-state index contributed by atoms with van der Waals surface area (Å²) in [5.41, 5.74) is 7.51. The molecule has 1 heterocycles. The molecule has 2 atom stereocenters. The average Bonchev–Trinajstić information content (AvgIpc) is 2.43. The van der Waals surface area contributed by atoms with Crippen LogP contribution in [-0.4, -0.2) is 37.1 Å². The summed E-state index contributed by atoms with van der Waals surface area (Å²) in [7, 11) is 1.59. The number of likely N-dealkylation sites (tertiary alicyclic amines) is 1. The number of ether oxygens (including phenoxy) is 1. The third kappa shape index (κ3) is 2.99. The maximum Gasteiger partial charge on any atom is 0.223 e. The van der Waals surface area contributed by atoms with Gasteiger partial charge in [-0.05, 0) is 30.5 Å². The number of methoxy groups -OCH3 is 1. The molecule has 0 aliphatic carbocycles. The summed E-state index contributed by atoms with van der Waals surface area (Å²) < 4.78 is 18.8. The first-order chi connectivity index (χ1) is 9.54. The Morgan fingerprint density at radius 1 is 1.50 bits per heavy atom. The molecule has 110 valence electrons. The van der Waals surface area contributed by atoms with Gasteiger partial charge in [0, 0.05) is 26.1 Å². The van der Waals surface area contributed by atoms with E-state index in [2.05, 4.69) is 0 Å². The van der Waals surface area contributed by atoms with Crippen molar-refractivity contribution >= 4 is 5.91 Å². The normalized spacial score (nSPS) is 23.2. The maximum atomic E-state index is 13.8. The molecule has 1 aromatic rings. The second-order valence-corrected chi connectivity index (χ2v) is 5.24. The molecule has 2 N–H and O–H groups in total. The minimum atomic E-state index is -0.276. The van der Waals surface area contributed by atoms with Gasteiger partial charge < -0.3 is 15.4 Å². The van der Waals surface area contributed by atoms with Crippen LogP contribution in [0.5, 0.6) is 0 Å². The highest BCUT2D eigenvalue weighted by atomic mass is 19.1. The zero-order valence-corrected chi connectivity index (χ0v) is 11.9. The van der Waals surface area contributed by atoms with Crippen LogP contribution < -0.4 is 5.73 Å². The lowest BCUT2D eigenvalue weighted by Crippen LogP contribution is -2.49. The molecule has 5 heteroatoms. The quantitative estimate of drug-likeness (QED) is 0.914. The summed E-state index contributed by atoms with van der Waals surface area (Å²) in [6, 6.07) is 4.61. The van der Waals surface area contributed by atoms with E-state index in [1.165, 1.54) is 6.07 Å². The number of piperidine rings is 1. The van der Waals surface area contributed by atoms with Gasteiger partial charge in [0.25, 0.3) is 0 Å². The third-order valence-electron chi connectivity index (χ3n) is 3.83. The summed E-state index contributed by atoms with van der Waals surface area (Å²) in [5.74, 6) is -0.214. The van der Waals surface area contributed by atoms with E-state index in [9.17, 15) is 9.18 Å². The monoisotopic (exact) mass is 280 g/mol. The zero-order valence-electron chi connectivity index (χ0n) is 11.9. The molecular weight excluding hydrogens is 259 g/mol. The van der Waals surface area contributed by atoms with Gasteiger partial charge in [0.2, 0.25) is 5.91 Å². The van der Waals surface area contributed by atoms with E-state index < -0.39 is 0 Å². The van der Waals surface area contributed by atoms with Gasteiger partial charge in [0.1, 0.15) is 5.82 Å². The number of hydrogen-bond donors (Lipinski definition) is 1. The van der Waals surface area contributed by atoms with Gasteiger partial charge in [-0.3, -0.25) is 4.79 Å². The van der Waals surface area contributed by atoms with Crippen LogP contribution in [0.15, 0.2) is 18.2 Å². The molecule has 1 fully saturated rings. The minimum absolute atomic E-state index is 0.0507. The molecular formula is C15H21FN2O2. The summed E-state index contributed by atoms with van der Waals surface area (Å²) in [4.78, 5) is 13.8. The van der Waals surface area contributed by atoms with Crippen LogP contribution in [0.3, 0.4) is 0 Å². The Kier molecular flexibility index (Phi) is 4.73. The van der Waals surface area contributed by atoms with Gasteiger partial charge in [-0.25, -0.2) is 4.39 Å². The van der Waals surface area contributed by atoms with Gasteiger partial charge in [0.15, 0.2) is 0 Å². The number of carbonyl (C=O) groups is 1. The molecule has 0 aromatic heterocycles. The van der Waals surface area contributed by atoms with Crippen LogP contribution in [0.4, 0.5) is 4.39 Å². The van der Waals surface area contributed by atoms with Crippen LogP contribution in [0.2, 0.25) is 0 Å². The Morgan fingerprint density at radius 3 is 2.90 bits per heavy atom. The van der Waals surface area contributed by atoms with Crippen molar-refractivity contribution in [1.82, 2.24) is 4.90 Å². The van der Waals surface area contributed by atoms with Crippen LogP contribution >= 0.6 is 0 Å². The largest absolute Gasteiger partial charge is 0.383 e. The fourth-order valence-corrected chi connectivity index (χ4v) is 2.65. The number of benzene rings is 1. The molecule has 1 aliphatic heterocycles. The van der Waals surface area contributed by atoms with E-state index in [0.29, 0.717) is 31.6 Å². The molecule has 1 aromatic carbocycles. The van der Waals surface area contributed by atoms with Crippen molar-refractivity contribution in [3.05, 3.63) is 35.1 Å². The Morgan fingerprint density at radius 2 is 2.25 bits per heavy atom. The lowest BCUT2D eigenvalue weighted by atomic mass is 9.90. The predicted molar refractivity (Wildman–Crippen MR) is 74.7 cm³/mol. The topological polar surface area (TPSA) is 55.6 Å². The van der Waals surface area contributed by atoms with E-state index in [1.54, 1.807) is 25.0 Å². The molecule has 1 amide bonds. The molecule has 1 saturated heterocycles. The van der Waals surface area contributed by atoms with Crippen LogP contribution in [0.25, 0.3) is 0 Å². The zero-order chi connectivity index (χ0) is 14.7. The van der Waals surface area contributed by atoms with E-state index in [1.807, 2.05) is 6.07 Å². The smallest absolute Gasteiger partial charge is 0.223 e. The molecule has 2 rings (SSSR count). The second-order valence-electron chi connectivity index (χ2n) is 5.24. The molecule has 2 unspecified atom stereocenters. The lowest BCUT2D eigenvalue weighted by molar-refractivity contribution is -0.138. The Labute approximate surface area is 118 Å². The van der Waals surface area contributed by atoms with Crippen molar-refractivity contribution in [2.75, 3.05) is 20.3 Å². The van der Waals surface area contributed by atoms with Crippen molar-refractivity contribution in [3.63, 3.8) is 0 Å². The first-order valence-electron chi connectivity index (χ1n) is 6.84. The van der Waals surface area contributed by atoms with Gasteiger partial charge in [0.05, 0.1) is 12.6 Å². The van der Waals surface area contributed by atoms with E-state index in [4.69, 9.17) is 10.5 Å². The highest BCUT2D eigenvalue weighted by Crippen LogP contribution is 2.31. The Bertz CT molecular complexity index is 493. The predicted octanol–water partition coefficient (Wildman–Crippen LogP) is 1.77. The fraction of sp³-hybridized carbons (Fsp3) is 0.533. The maximum absolute atomic E-state index is 13.8. The van der Waals surface area contributed by atoms with Crippen LogP contribution in [-0.2, 0) is 9.53 Å². The average molecular weight is 280 g/mol. The molecule has 4 nitrogen and oxygen atoms in total. The van der Waals surface area contributed by atoms with E-state index >= 15 is 0 Å². The number of hydrogen-bond acceptors (Lipinski definition) is 3. The van der Waals surface area contributed by atoms with E-state index in [0.717, 1.165) is 5.56 Å². The number of carbonyl (C=O) groups excluding carboxylic acids is 1. The van der Waals surface area contributed by atoms with Crippen molar-refractivity contribution in [2.24, 2.45) is 5.73 Å². The summed E-state index contributed by atoms with van der Waals surface area (Å²) in [5, 5.41) is 0. The summed E-state index contributed by atoms with van der Waals surface area (Å²) >= 11 is 0. The number of nitrogens with zero attached hydrogens (tertiary/aromatic N) is 1. The van der Waals surface area contributed by atoms with Crippen molar-refractivity contribution in [2.45, 2.75) is 31.8 Å². The molecule has 0 bridgehead atoms. The number of nitrogens with two attached hydrogens (primary N) is 1. The van der Waals surface area contributed by atoms with Gasteiger partial charge in [-0.1, -0.05) is 12.1 Å². The number of halogens is 1. The Hall–Kier alpha value is -1.46. The minimum Gasteiger partial charge on any atom is -0.383 e. The number of aryl methyl sites for hydroxylation is 1. The summed E-state index contributed by atoms with van der Waals surface area (Å²) in [6.45, 7) is 2.64. The fourth-order valence-electron chi connectivity index (χ4n) is 2.65. The number of rotatable bonds is 4.